The van der Waals surface area contributed by atoms with Crippen molar-refractivity contribution < 1.29 is 5.11 Å². The van der Waals surface area contributed by atoms with Gasteiger partial charge in [0.25, 0.3) is 0 Å². The first kappa shape index (κ1) is 15.7. The summed E-state index contributed by atoms with van der Waals surface area (Å²) in [7, 11) is 5.84. The molecule has 0 saturated carbocycles. The Hall–Kier alpha value is -1.69. The molecular formula is C16H24N4O. The van der Waals surface area contributed by atoms with Crippen LogP contribution in [0.15, 0.2) is 36.5 Å². The van der Waals surface area contributed by atoms with E-state index in [2.05, 4.69) is 22.5 Å². The first-order chi connectivity index (χ1) is 10.1. The predicted molar refractivity (Wildman–Crippen MR) is 84.9 cm³/mol. The van der Waals surface area contributed by atoms with Crippen LogP contribution < -0.4 is 5.32 Å². The van der Waals surface area contributed by atoms with Gasteiger partial charge >= 0.3 is 0 Å². The minimum absolute atomic E-state index is 0.364. The van der Waals surface area contributed by atoms with Crippen LogP contribution in [0.5, 0.6) is 0 Å². The molecule has 0 spiro atoms. The Morgan fingerprint density at radius 2 is 2.00 bits per heavy atom. The fourth-order valence-electron chi connectivity index (χ4n) is 2.37. The van der Waals surface area contributed by atoms with E-state index < -0.39 is 0 Å². The lowest BCUT2D eigenvalue weighted by molar-refractivity contribution is 0.134. The van der Waals surface area contributed by atoms with E-state index in [1.165, 1.54) is 0 Å². The Morgan fingerprint density at radius 1 is 1.29 bits per heavy atom. The van der Waals surface area contributed by atoms with Crippen molar-refractivity contribution in [2.24, 2.45) is 7.05 Å². The summed E-state index contributed by atoms with van der Waals surface area (Å²) in [5.41, 5.74) is 3.25. The van der Waals surface area contributed by atoms with Gasteiger partial charge in [0.05, 0.1) is 11.8 Å². The third-order valence-corrected chi connectivity index (χ3v) is 3.22. The van der Waals surface area contributed by atoms with Crippen molar-refractivity contribution in [2.75, 3.05) is 27.2 Å². The Labute approximate surface area is 126 Å². The van der Waals surface area contributed by atoms with Crippen LogP contribution in [0.2, 0.25) is 0 Å². The van der Waals surface area contributed by atoms with Crippen molar-refractivity contribution >= 4 is 0 Å². The molecule has 0 bridgehead atoms. The van der Waals surface area contributed by atoms with Gasteiger partial charge in [0.1, 0.15) is 0 Å². The summed E-state index contributed by atoms with van der Waals surface area (Å²) in [6.45, 7) is 1.93. The largest absolute Gasteiger partial charge is 0.390 e. The fourth-order valence-corrected chi connectivity index (χ4v) is 2.37. The number of hydrogen-bond donors (Lipinski definition) is 2. The Morgan fingerprint density at radius 3 is 2.67 bits per heavy atom. The SMILES string of the molecule is CN(C)CC(O)CNCc1cn(C)nc1-c1ccccc1. The van der Waals surface area contributed by atoms with Gasteiger partial charge in [0.2, 0.25) is 0 Å². The normalized spacial score (nSPS) is 12.8. The van der Waals surface area contributed by atoms with Crippen LogP contribution >= 0.6 is 0 Å². The molecule has 1 aromatic carbocycles. The highest BCUT2D eigenvalue weighted by Crippen LogP contribution is 2.21. The van der Waals surface area contributed by atoms with E-state index in [4.69, 9.17) is 0 Å². The lowest BCUT2D eigenvalue weighted by Gasteiger charge is -2.16. The Bertz CT molecular complexity index is 551. The van der Waals surface area contributed by atoms with Gasteiger partial charge in [-0.15, -0.1) is 0 Å². The molecule has 21 heavy (non-hydrogen) atoms. The van der Waals surface area contributed by atoms with E-state index in [1.807, 2.05) is 55.1 Å². The number of aryl methyl sites for hydroxylation is 1. The average molecular weight is 288 g/mol. The van der Waals surface area contributed by atoms with Crippen LogP contribution in [0, 0.1) is 0 Å². The highest BCUT2D eigenvalue weighted by molar-refractivity contribution is 5.62. The number of aliphatic hydroxyl groups is 1. The summed E-state index contributed by atoms with van der Waals surface area (Å²) in [5.74, 6) is 0. The molecule has 1 heterocycles. The van der Waals surface area contributed by atoms with E-state index in [9.17, 15) is 5.11 Å². The monoisotopic (exact) mass is 288 g/mol. The maximum atomic E-state index is 9.86. The molecule has 0 saturated heterocycles. The fraction of sp³-hybridized carbons (Fsp3) is 0.438. The lowest BCUT2D eigenvalue weighted by atomic mass is 10.1. The van der Waals surface area contributed by atoms with Crippen molar-refractivity contribution in [3.05, 3.63) is 42.1 Å². The summed E-state index contributed by atoms with van der Waals surface area (Å²) < 4.78 is 1.83. The minimum Gasteiger partial charge on any atom is -0.390 e. The van der Waals surface area contributed by atoms with E-state index in [-0.39, 0.29) is 6.10 Å². The quantitative estimate of drug-likeness (QED) is 0.801. The van der Waals surface area contributed by atoms with Crippen molar-refractivity contribution in [3.8, 4) is 11.3 Å². The molecule has 2 N–H and O–H groups in total. The first-order valence-corrected chi connectivity index (χ1v) is 7.17. The smallest absolute Gasteiger partial charge is 0.0967 e. The van der Waals surface area contributed by atoms with Gasteiger partial charge in [-0.2, -0.15) is 5.10 Å². The van der Waals surface area contributed by atoms with Gasteiger partial charge in [0, 0.05) is 44.0 Å². The van der Waals surface area contributed by atoms with Crippen LogP contribution in [0.3, 0.4) is 0 Å². The van der Waals surface area contributed by atoms with Crippen LogP contribution in [0.4, 0.5) is 0 Å². The molecule has 5 nitrogen and oxygen atoms in total. The van der Waals surface area contributed by atoms with Crippen molar-refractivity contribution in [1.29, 1.82) is 0 Å². The molecule has 0 radical (unpaired) electrons. The molecular weight excluding hydrogens is 264 g/mol. The van der Waals surface area contributed by atoms with Crippen LogP contribution in [-0.4, -0.2) is 53.1 Å². The number of nitrogens with zero attached hydrogens (tertiary/aromatic N) is 3. The van der Waals surface area contributed by atoms with E-state index in [0.717, 1.165) is 16.8 Å². The van der Waals surface area contributed by atoms with E-state index >= 15 is 0 Å². The number of rotatable bonds is 7. The van der Waals surface area contributed by atoms with Crippen molar-refractivity contribution in [2.45, 2.75) is 12.6 Å². The minimum atomic E-state index is -0.364. The van der Waals surface area contributed by atoms with E-state index in [0.29, 0.717) is 19.6 Å². The van der Waals surface area contributed by atoms with Crippen LogP contribution in [0.25, 0.3) is 11.3 Å². The topological polar surface area (TPSA) is 53.3 Å². The second-order valence-electron chi connectivity index (χ2n) is 5.59. The number of aromatic nitrogens is 2. The first-order valence-electron chi connectivity index (χ1n) is 7.17. The zero-order valence-corrected chi connectivity index (χ0v) is 13.0. The van der Waals surface area contributed by atoms with Gasteiger partial charge < -0.3 is 15.3 Å². The Kier molecular flexibility index (Phi) is 5.50. The third-order valence-electron chi connectivity index (χ3n) is 3.22. The van der Waals surface area contributed by atoms with Gasteiger partial charge in [0.15, 0.2) is 0 Å². The summed E-state index contributed by atoms with van der Waals surface area (Å²) in [4.78, 5) is 1.98. The second-order valence-corrected chi connectivity index (χ2v) is 5.59. The molecule has 0 fully saturated rings. The standard InChI is InChI=1S/C16H24N4O/c1-19(2)12-15(21)10-17-9-14-11-20(3)18-16(14)13-7-5-4-6-8-13/h4-8,11,15,17,21H,9-10,12H2,1-3H3. The molecule has 0 aliphatic rings. The average Bonchev–Trinajstić information content (AvgIpc) is 2.80. The number of aliphatic hydroxyl groups excluding tert-OH is 1. The molecule has 2 rings (SSSR count). The molecule has 0 aliphatic carbocycles. The van der Waals surface area contributed by atoms with Gasteiger partial charge in [-0.25, -0.2) is 0 Å². The molecule has 1 unspecified atom stereocenters. The molecule has 5 heteroatoms. The Balaban J connectivity index is 1.98. The molecule has 2 aromatic rings. The van der Waals surface area contributed by atoms with Crippen LogP contribution in [-0.2, 0) is 13.6 Å². The number of hydrogen-bond acceptors (Lipinski definition) is 4. The highest BCUT2D eigenvalue weighted by atomic mass is 16.3. The third kappa shape index (κ3) is 4.67. The van der Waals surface area contributed by atoms with Crippen molar-refractivity contribution in [3.63, 3.8) is 0 Å². The van der Waals surface area contributed by atoms with E-state index in [1.54, 1.807) is 0 Å². The summed E-state index contributed by atoms with van der Waals surface area (Å²) in [6, 6.07) is 10.2. The maximum Gasteiger partial charge on any atom is 0.0967 e. The van der Waals surface area contributed by atoms with Crippen LogP contribution in [0.1, 0.15) is 5.56 Å². The molecule has 1 atom stereocenters. The highest BCUT2D eigenvalue weighted by Gasteiger charge is 2.10. The molecule has 114 valence electrons. The maximum absolute atomic E-state index is 9.86. The number of likely N-dealkylation sites (N-methyl/N-ethyl adjacent to an activating group) is 1. The molecule has 0 amide bonds. The number of nitrogens with one attached hydrogen (secondary N) is 1. The zero-order valence-electron chi connectivity index (χ0n) is 13.0. The lowest BCUT2D eigenvalue weighted by Crippen LogP contribution is -2.34. The van der Waals surface area contributed by atoms with Crippen molar-refractivity contribution in [1.82, 2.24) is 20.0 Å². The van der Waals surface area contributed by atoms with Gasteiger partial charge in [-0.3, -0.25) is 4.68 Å². The van der Waals surface area contributed by atoms with Gasteiger partial charge in [-0.05, 0) is 14.1 Å². The number of benzene rings is 1. The summed E-state index contributed by atoms with van der Waals surface area (Å²) in [5, 5.41) is 17.7. The molecule has 0 aliphatic heterocycles. The van der Waals surface area contributed by atoms with Gasteiger partial charge in [-0.1, -0.05) is 30.3 Å². The second kappa shape index (κ2) is 7.36. The summed E-state index contributed by atoms with van der Waals surface area (Å²) in [6.07, 6.45) is 1.66. The summed E-state index contributed by atoms with van der Waals surface area (Å²) >= 11 is 0. The predicted octanol–water partition coefficient (Wildman–Crippen LogP) is 1.10. The zero-order chi connectivity index (χ0) is 15.2. The molecule has 1 aromatic heterocycles.